The highest BCUT2D eigenvalue weighted by atomic mass is 16.6. The van der Waals surface area contributed by atoms with Gasteiger partial charge in [0, 0.05) is 33.5 Å². The van der Waals surface area contributed by atoms with E-state index in [0.717, 1.165) is 77.2 Å². The fourth-order valence-corrected chi connectivity index (χ4v) is 9.24. The van der Waals surface area contributed by atoms with Gasteiger partial charge in [0.15, 0.2) is 11.5 Å². The zero-order valence-electron chi connectivity index (χ0n) is 34.3. The van der Waals surface area contributed by atoms with E-state index in [9.17, 15) is 9.59 Å². The number of ether oxygens (including phenoxy) is 2. The molecule has 6 nitrogen and oxygen atoms in total. The lowest BCUT2D eigenvalue weighted by molar-refractivity contribution is -0.131. The minimum Gasteiger partial charge on any atom is -0.418 e. The van der Waals surface area contributed by atoms with Crippen molar-refractivity contribution in [2.45, 2.75) is 0 Å². The van der Waals surface area contributed by atoms with Crippen LogP contribution in [0.2, 0.25) is 0 Å². The Hall–Kier alpha value is -8.74. The summed E-state index contributed by atoms with van der Waals surface area (Å²) in [6, 6.07) is 74.4. The third-order valence-corrected chi connectivity index (χ3v) is 12.3. The van der Waals surface area contributed by atoms with Crippen molar-refractivity contribution in [2.24, 2.45) is 0 Å². The molecular weight excluding hydrogens is 789 g/mol. The highest BCUT2D eigenvalue weighted by molar-refractivity contribution is 6.29. The average Bonchev–Trinajstić information content (AvgIpc) is 3.83. The van der Waals surface area contributed by atoms with E-state index in [4.69, 9.17) is 9.47 Å². The summed E-state index contributed by atoms with van der Waals surface area (Å²) in [5.74, 6) is -0.872. The second-order valence-corrected chi connectivity index (χ2v) is 16.0. The van der Waals surface area contributed by atoms with Gasteiger partial charge in [0.05, 0.1) is 11.4 Å². The van der Waals surface area contributed by atoms with Crippen molar-refractivity contribution in [1.29, 1.82) is 0 Å². The molecule has 12 rings (SSSR count). The molecule has 0 atom stereocenters. The topological polar surface area (TPSA) is 59.1 Å². The predicted octanol–water partition coefficient (Wildman–Crippen LogP) is 14.5. The Labute approximate surface area is 368 Å². The number of anilines is 6. The SMILES string of the molecule is O=C1OC2=C(c3ccc(N(c4ccc5ccccc5c4)c4cccc5ccccc45)cc3)C(=O)OC2=C1c1ccc(N(c2ccc3ccccc3c2)c2cccc3ccccc23)cc1. The molecule has 6 heteroatoms. The number of benzene rings is 10. The number of hydrogen-bond acceptors (Lipinski definition) is 6. The second kappa shape index (κ2) is 15.0. The van der Waals surface area contributed by atoms with E-state index >= 15 is 0 Å². The quantitative estimate of drug-likeness (QED) is 0.142. The van der Waals surface area contributed by atoms with Gasteiger partial charge in [-0.05, 0) is 104 Å². The third kappa shape index (κ3) is 6.19. The van der Waals surface area contributed by atoms with Gasteiger partial charge in [-0.25, -0.2) is 9.59 Å². The molecule has 0 aliphatic carbocycles. The van der Waals surface area contributed by atoms with Gasteiger partial charge in [0.2, 0.25) is 0 Å². The molecule has 0 bridgehead atoms. The summed E-state index contributed by atoms with van der Waals surface area (Å²) in [4.78, 5) is 31.9. The zero-order valence-corrected chi connectivity index (χ0v) is 34.3. The van der Waals surface area contributed by atoms with Crippen molar-refractivity contribution in [3.05, 3.63) is 241 Å². The Bertz CT molecular complexity index is 3360. The number of fused-ring (bicyclic) bond motifs is 5. The van der Waals surface area contributed by atoms with Crippen molar-refractivity contribution >= 4 is 100 Å². The Morgan fingerprint density at radius 2 is 0.641 bits per heavy atom. The monoisotopic (exact) mass is 824 g/mol. The summed E-state index contributed by atoms with van der Waals surface area (Å²) in [6.07, 6.45) is 0. The summed E-state index contributed by atoms with van der Waals surface area (Å²) >= 11 is 0. The van der Waals surface area contributed by atoms with E-state index in [1.165, 1.54) is 0 Å². The lowest BCUT2D eigenvalue weighted by atomic mass is 10.0. The van der Waals surface area contributed by atoms with Crippen molar-refractivity contribution in [1.82, 2.24) is 0 Å². The molecular formula is C58H36N2O4. The molecule has 302 valence electrons. The van der Waals surface area contributed by atoms with Gasteiger partial charge >= 0.3 is 11.9 Å². The standard InChI is InChI=1S/C58H36N2O4/c61-57-53(41-25-29-45(30-26-41)59(47-33-23-37-11-1-3-15-43(37)35-47)51-21-9-17-39-13-5-7-19-49(39)51)55-56(64-57)54(58(62)63-55)42-27-31-46(32-28-42)60(48-34-24-38-12-2-4-16-44(38)36-48)52-22-10-18-40-14-6-8-20-50(40)52/h1-36H. The normalized spacial score (nSPS) is 13.5. The maximum atomic E-state index is 13.7. The first kappa shape index (κ1) is 37.1. The number of nitrogens with zero attached hydrogens (tertiary/aromatic N) is 2. The maximum absolute atomic E-state index is 13.7. The van der Waals surface area contributed by atoms with Crippen molar-refractivity contribution in [3.8, 4) is 0 Å². The van der Waals surface area contributed by atoms with Gasteiger partial charge in [-0.2, -0.15) is 0 Å². The summed E-state index contributed by atoms with van der Waals surface area (Å²) in [5, 5.41) is 9.03. The molecule has 0 N–H and O–H groups in total. The zero-order chi connectivity index (χ0) is 42.7. The van der Waals surface area contributed by atoms with E-state index in [-0.39, 0.29) is 22.7 Å². The molecule has 64 heavy (non-hydrogen) atoms. The Kier molecular flexibility index (Phi) is 8.69. The Balaban J connectivity index is 0.916. The number of hydrogen-bond donors (Lipinski definition) is 0. The molecule has 0 fully saturated rings. The van der Waals surface area contributed by atoms with E-state index in [1.807, 2.05) is 84.9 Å². The van der Waals surface area contributed by atoms with Gasteiger partial charge in [-0.15, -0.1) is 0 Å². The molecule has 10 aromatic rings. The summed E-state index contributed by atoms with van der Waals surface area (Å²) in [5.41, 5.74) is 7.41. The van der Waals surface area contributed by atoms with Crippen LogP contribution in [0.15, 0.2) is 230 Å². The molecule has 2 aliphatic rings. The van der Waals surface area contributed by atoms with E-state index in [0.29, 0.717) is 11.1 Å². The molecule has 0 aromatic heterocycles. The van der Waals surface area contributed by atoms with E-state index in [2.05, 4.69) is 143 Å². The van der Waals surface area contributed by atoms with Crippen LogP contribution in [0.5, 0.6) is 0 Å². The van der Waals surface area contributed by atoms with Gasteiger partial charge in [0.25, 0.3) is 0 Å². The minimum absolute atomic E-state index is 0.135. The number of carbonyl (C=O) groups is 2. The molecule has 0 unspecified atom stereocenters. The minimum atomic E-state index is -0.571. The van der Waals surface area contributed by atoms with Crippen molar-refractivity contribution in [3.63, 3.8) is 0 Å². The van der Waals surface area contributed by atoms with Crippen molar-refractivity contribution < 1.29 is 19.1 Å². The van der Waals surface area contributed by atoms with Crippen molar-refractivity contribution in [2.75, 3.05) is 9.80 Å². The summed E-state index contributed by atoms with van der Waals surface area (Å²) < 4.78 is 11.8. The first-order chi connectivity index (χ1) is 31.6. The molecule has 0 amide bonds. The third-order valence-electron chi connectivity index (χ3n) is 12.3. The first-order valence-electron chi connectivity index (χ1n) is 21.2. The predicted molar refractivity (Wildman–Crippen MR) is 258 cm³/mol. The number of rotatable bonds is 8. The number of carbonyl (C=O) groups excluding carboxylic acids is 2. The van der Waals surface area contributed by atoms with Crippen LogP contribution in [0.3, 0.4) is 0 Å². The smallest absolute Gasteiger partial charge is 0.348 e. The fraction of sp³-hybridized carbons (Fsp3) is 0. The van der Waals surface area contributed by atoms with Crippen LogP contribution in [0.4, 0.5) is 34.1 Å². The molecule has 0 saturated heterocycles. The van der Waals surface area contributed by atoms with E-state index in [1.54, 1.807) is 0 Å². The number of esters is 2. The van der Waals surface area contributed by atoms with Gasteiger partial charge < -0.3 is 19.3 Å². The first-order valence-corrected chi connectivity index (χ1v) is 21.2. The second-order valence-electron chi connectivity index (χ2n) is 16.0. The van der Waals surface area contributed by atoms with Crippen LogP contribution in [0, 0.1) is 0 Å². The van der Waals surface area contributed by atoms with Crippen LogP contribution in [0.1, 0.15) is 11.1 Å². The van der Waals surface area contributed by atoms with Crippen LogP contribution in [0.25, 0.3) is 54.2 Å². The lowest BCUT2D eigenvalue weighted by Crippen LogP contribution is -2.11. The van der Waals surface area contributed by atoms with Crippen LogP contribution in [-0.4, -0.2) is 11.9 Å². The van der Waals surface area contributed by atoms with Crippen LogP contribution < -0.4 is 9.80 Å². The molecule has 0 spiro atoms. The van der Waals surface area contributed by atoms with E-state index < -0.39 is 11.9 Å². The molecule has 0 saturated carbocycles. The highest BCUT2D eigenvalue weighted by Crippen LogP contribution is 2.46. The maximum Gasteiger partial charge on any atom is 0.348 e. The molecule has 10 aromatic carbocycles. The average molecular weight is 825 g/mol. The largest absolute Gasteiger partial charge is 0.418 e. The Morgan fingerprint density at radius 1 is 0.297 bits per heavy atom. The Morgan fingerprint density at radius 3 is 1.06 bits per heavy atom. The van der Waals surface area contributed by atoms with Gasteiger partial charge in [-0.3, -0.25) is 0 Å². The summed E-state index contributed by atoms with van der Waals surface area (Å²) in [6.45, 7) is 0. The molecule has 2 aliphatic heterocycles. The van der Waals surface area contributed by atoms with Crippen LogP contribution >= 0.6 is 0 Å². The highest BCUT2D eigenvalue weighted by Gasteiger charge is 2.44. The lowest BCUT2D eigenvalue weighted by Gasteiger charge is -2.27. The molecule has 2 heterocycles. The molecule has 0 radical (unpaired) electrons. The van der Waals surface area contributed by atoms with Crippen LogP contribution in [-0.2, 0) is 19.1 Å². The fourth-order valence-electron chi connectivity index (χ4n) is 9.24. The van der Waals surface area contributed by atoms with Gasteiger partial charge in [-0.1, -0.05) is 158 Å². The van der Waals surface area contributed by atoms with Gasteiger partial charge in [0.1, 0.15) is 11.1 Å². The summed E-state index contributed by atoms with van der Waals surface area (Å²) in [7, 11) is 0.